The van der Waals surface area contributed by atoms with Crippen LogP contribution in [0.1, 0.15) is 15.9 Å². The summed E-state index contributed by atoms with van der Waals surface area (Å²) in [4.78, 5) is 13.5. The van der Waals surface area contributed by atoms with Crippen LogP contribution in [0, 0.1) is 12.8 Å². The fourth-order valence-electron chi connectivity index (χ4n) is 1.84. The monoisotopic (exact) mass is 223 g/mol. The standard InChI is InChI=1S/C12H14FNO2/c1-8-3-2-4-10(11(8)15)12(16)14-6-9(5-13)7-14/h2-4,9,15H,5-7H2,1H3. The Kier molecular flexibility index (Phi) is 2.81. The van der Waals surface area contributed by atoms with Gasteiger partial charge in [0.25, 0.3) is 5.91 Å². The highest BCUT2D eigenvalue weighted by atomic mass is 19.1. The Morgan fingerprint density at radius 2 is 2.25 bits per heavy atom. The fraction of sp³-hybridized carbons (Fsp3) is 0.417. The lowest BCUT2D eigenvalue weighted by Crippen LogP contribution is -2.50. The molecule has 0 radical (unpaired) electrons. The second-order valence-corrected chi connectivity index (χ2v) is 4.20. The Labute approximate surface area is 93.5 Å². The highest BCUT2D eigenvalue weighted by Crippen LogP contribution is 2.26. The number of rotatable bonds is 2. The van der Waals surface area contributed by atoms with Gasteiger partial charge < -0.3 is 10.0 Å². The van der Waals surface area contributed by atoms with Gasteiger partial charge in [0, 0.05) is 19.0 Å². The van der Waals surface area contributed by atoms with Crippen LogP contribution >= 0.6 is 0 Å². The molecule has 4 heteroatoms. The summed E-state index contributed by atoms with van der Waals surface area (Å²) in [5.41, 5.74) is 0.978. The van der Waals surface area contributed by atoms with Crippen molar-refractivity contribution in [2.75, 3.05) is 19.8 Å². The van der Waals surface area contributed by atoms with Crippen LogP contribution in [0.25, 0.3) is 0 Å². The zero-order chi connectivity index (χ0) is 11.7. The van der Waals surface area contributed by atoms with Crippen LogP contribution in [0.15, 0.2) is 18.2 Å². The number of aromatic hydroxyl groups is 1. The second kappa shape index (κ2) is 4.12. The van der Waals surface area contributed by atoms with Crippen molar-refractivity contribution in [1.29, 1.82) is 0 Å². The quantitative estimate of drug-likeness (QED) is 0.829. The Balaban J connectivity index is 2.13. The number of carbonyl (C=O) groups excluding carboxylic acids is 1. The van der Waals surface area contributed by atoms with E-state index in [1.54, 1.807) is 30.0 Å². The molecule has 0 unspecified atom stereocenters. The first kappa shape index (κ1) is 10.9. The molecule has 86 valence electrons. The van der Waals surface area contributed by atoms with Crippen LogP contribution < -0.4 is 0 Å². The molecule has 16 heavy (non-hydrogen) atoms. The minimum Gasteiger partial charge on any atom is -0.507 e. The average Bonchev–Trinajstić information content (AvgIpc) is 2.20. The first-order chi connectivity index (χ1) is 7.63. The topological polar surface area (TPSA) is 40.5 Å². The van der Waals surface area contributed by atoms with Gasteiger partial charge in [-0.15, -0.1) is 0 Å². The number of halogens is 1. The fourth-order valence-corrected chi connectivity index (χ4v) is 1.84. The van der Waals surface area contributed by atoms with E-state index in [4.69, 9.17) is 0 Å². The molecule has 1 heterocycles. The first-order valence-corrected chi connectivity index (χ1v) is 5.27. The molecule has 1 fully saturated rings. The Bertz CT molecular complexity index is 413. The smallest absolute Gasteiger partial charge is 0.257 e. The van der Waals surface area contributed by atoms with Gasteiger partial charge in [0.15, 0.2) is 0 Å². The van der Waals surface area contributed by atoms with Crippen molar-refractivity contribution in [3.63, 3.8) is 0 Å². The summed E-state index contributed by atoms with van der Waals surface area (Å²) in [5.74, 6) is -0.224. The van der Waals surface area contributed by atoms with Gasteiger partial charge in [-0.3, -0.25) is 9.18 Å². The molecule has 1 N–H and O–H groups in total. The van der Waals surface area contributed by atoms with Crippen molar-refractivity contribution in [3.8, 4) is 5.75 Å². The predicted octanol–water partition coefficient (Wildman–Crippen LogP) is 1.74. The molecule has 0 spiro atoms. The maximum absolute atomic E-state index is 12.2. The van der Waals surface area contributed by atoms with E-state index < -0.39 is 0 Å². The van der Waals surface area contributed by atoms with Gasteiger partial charge in [0.05, 0.1) is 12.2 Å². The van der Waals surface area contributed by atoms with Gasteiger partial charge in [-0.2, -0.15) is 0 Å². The van der Waals surface area contributed by atoms with Crippen LogP contribution in [0.3, 0.4) is 0 Å². The third kappa shape index (κ3) is 1.75. The molecule has 0 bridgehead atoms. The third-order valence-corrected chi connectivity index (χ3v) is 2.93. The van der Waals surface area contributed by atoms with Crippen LogP contribution in [0.5, 0.6) is 5.75 Å². The summed E-state index contributed by atoms with van der Waals surface area (Å²) >= 11 is 0. The summed E-state index contributed by atoms with van der Waals surface area (Å²) in [6.45, 7) is 2.25. The number of amides is 1. The number of carbonyl (C=O) groups is 1. The zero-order valence-electron chi connectivity index (χ0n) is 9.11. The van der Waals surface area contributed by atoms with E-state index in [1.165, 1.54) is 0 Å². The van der Waals surface area contributed by atoms with Crippen LogP contribution in [0.4, 0.5) is 4.39 Å². The SMILES string of the molecule is Cc1cccc(C(=O)N2CC(CF)C2)c1O. The van der Waals surface area contributed by atoms with Gasteiger partial charge in [-0.25, -0.2) is 0 Å². The molecule has 2 rings (SSSR count). The van der Waals surface area contributed by atoms with E-state index in [0.29, 0.717) is 24.2 Å². The molecule has 1 aliphatic heterocycles. The van der Waals surface area contributed by atoms with Gasteiger partial charge in [0.2, 0.25) is 0 Å². The lowest BCUT2D eigenvalue weighted by molar-refractivity contribution is 0.0450. The number of aryl methyl sites for hydroxylation is 1. The zero-order valence-corrected chi connectivity index (χ0v) is 9.11. The summed E-state index contributed by atoms with van der Waals surface area (Å²) in [6.07, 6.45) is 0. The number of benzene rings is 1. The summed E-state index contributed by atoms with van der Waals surface area (Å²) < 4.78 is 12.2. The van der Waals surface area contributed by atoms with Crippen LogP contribution in [-0.4, -0.2) is 35.7 Å². The van der Waals surface area contributed by atoms with E-state index in [-0.39, 0.29) is 24.2 Å². The molecule has 1 aromatic rings. The Morgan fingerprint density at radius 3 is 2.88 bits per heavy atom. The molecule has 0 atom stereocenters. The lowest BCUT2D eigenvalue weighted by Gasteiger charge is -2.37. The van der Waals surface area contributed by atoms with Gasteiger partial charge >= 0.3 is 0 Å². The van der Waals surface area contributed by atoms with Gasteiger partial charge in [-0.05, 0) is 18.6 Å². The molecule has 1 aliphatic rings. The van der Waals surface area contributed by atoms with Gasteiger partial charge in [0.1, 0.15) is 5.75 Å². The Morgan fingerprint density at radius 1 is 1.56 bits per heavy atom. The third-order valence-electron chi connectivity index (χ3n) is 2.93. The number of phenols is 1. The predicted molar refractivity (Wildman–Crippen MR) is 58.2 cm³/mol. The molecule has 1 amide bonds. The van der Waals surface area contributed by atoms with E-state index in [0.717, 1.165) is 0 Å². The number of likely N-dealkylation sites (tertiary alicyclic amines) is 1. The normalized spacial score (nSPS) is 16.0. The largest absolute Gasteiger partial charge is 0.507 e. The van der Waals surface area contributed by atoms with Crippen molar-refractivity contribution in [2.24, 2.45) is 5.92 Å². The lowest BCUT2D eigenvalue weighted by atomic mass is 9.99. The number of nitrogens with zero attached hydrogens (tertiary/aromatic N) is 1. The summed E-state index contributed by atoms with van der Waals surface area (Å²) in [7, 11) is 0. The van der Waals surface area contributed by atoms with Crippen molar-refractivity contribution in [1.82, 2.24) is 4.90 Å². The van der Waals surface area contributed by atoms with Crippen molar-refractivity contribution < 1.29 is 14.3 Å². The Hall–Kier alpha value is -1.58. The summed E-state index contributed by atoms with van der Waals surface area (Å²) in [6, 6.07) is 5.06. The first-order valence-electron chi connectivity index (χ1n) is 5.27. The number of phenolic OH excluding ortho intramolecular Hbond substituents is 1. The number of para-hydroxylation sites is 1. The highest BCUT2D eigenvalue weighted by molar-refractivity contribution is 5.97. The molecule has 3 nitrogen and oxygen atoms in total. The second-order valence-electron chi connectivity index (χ2n) is 4.20. The number of hydrogen-bond donors (Lipinski definition) is 1. The maximum atomic E-state index is 12.2. The van der Waals surface area contributed by atoms with E-state index in [2.05, 4.69) is 0 Å². The van der Waals surface area contributed by atoms with Crippen molar-refractivity contribution in [2.45, 2.75) is 6.92 Å². The average molecular weight is 223 g/mol. The van der Waals surface area contributed by atoms with Crippen molar-refractivity contribution in [3.05, 3.63) is 29.3 Å². The van der Waals surface area contributed by atoms with E-state index in [9.17, 15) is 14.3 Å². The minimum absolute atomic E-state index is 0.0243. The minimum atomic E-state index is -0.385. The molecule has 0 aromatic heterocycles. The molecular formula is C12H14FNO2. The molecular weight excluding hydrogens is 209 g/mol. The number of hydrogen-bond acceptors (Lipinski definition) is 2. The molecule has 0 aliphatic carbocycles. The molecule has 1 aromatic carbocycles. The van der Waals surface area contributed by atoms with E-state index >= 15 is 0 Å². The maximum Gasteiger partial charge on any atom is 0.257 e. The van der Waals surface area contributed by atoms with E-state index in [1.807, 2.05) is 0 Å². The van der Waals surface area contributed by atoms with Crippen LogP contribution in [-0.2, 0) is 0 Å². The van der Waals surface area contributed by atoms with Crippen molar-refractivity contribution >= 4 is 5.91 Å². The molecule has 1 saturated heterocycles. The highest BCUT2D eigenvalue weighted by Gasteiger charge is 2.32. The molecule has 0 saturated carbocycles. The summed E-state index contributed by atoms with van der Waals surface area (Å²) in [5, 5.41) is 9.74. The number of alkyl halides is 1. The van der Waals surface area contributed by atoms with Gasteiger partial charge in [-0.1, -0.05) is 12.1 Å². The van der Waals surface area contributed by atoms with Crippen LogP contribution in [0.2, 0.25) is 0 Å².